The molecule has 0 fully saturated rings. The Bertz CT molecular complexity index is 1000. The van der Waals surface area contributed by atoms with Crippen LogP contribution in [0.1, 0.15) is 64.0 Å². The van der Waals surface area contributed by atoms with E-state index in [1.807, 2.05) is 38.1 Å². The van der Waals surface area contributed by atoms with Crippen LogP contribution in [0, 0.1) is 5.92 Å². The van der Waals surface area contributed by atoms with E-state index in [-0.39, 0.29) is 37.2 Å². The van der Waals surface area contributed by atoms with Crippen molar-refractivity contribution < 1.29 is 24.2 Å². The van der Waals surface area contributed by atoms with E-state index in [0.29, 0.717) is 6.42 Å². The summed E-state index contributed by atoms with van der Waals surface area (Å²) in [5.74, 6) is -1.17. The van der Waals surface area contributed by atoms with Crippen LogP contribution in [-0.4, -0.2) is 41.3 Å². The molecule has 0 aliphatic heterocycles. The highest BCUT2D eigenvalue weighted by Gasteiger charge is 2.30. The van der Waals surface area contributed by atoms with Gasteiger partial charge in [-0.2, -0.15) is 0 Å². The zero-order valence-electron chi connectivity index (χ0n) is 20.3. The van der Waals surface area contributed by atoms with Crippen molar-refractivity contribution >= 4 is 18.0 Å². The average Bonchev–Trinajstić information content (AvgIpc) is 3.09. The van der Waals surface area contributed by atoms with Crippen molar-refractivity contribution in [2.75, 3.05) is 6.61 Å². The number of alkyl carbamates (subject to hydrolysis) is 1. The lowest BCUT2D eigenvalue weighted by Gasteiger charge is -2.28. The second kappa shape index (κ2) is 10.7. The Morgan fingerprint density at radius 3 is 2.09 bits per heavy atom. The molecule has 3 rings (SSSR count). The molecule has 2 amide bonds. The maximum atomic E-state index is 12.7. The van der Waals surface area contributed by atoms with Crippen LogP contribution in [0.5, 0.6) is 0 Å². The van der Waals surface area contributed by atoms with Gasteiger partial charge in [0.1, 0.15) is 6.61 Å². The van der Waals surface area contributed by atoms with Crippen molar-refractivity contribution in [3.63, 3.8) is 0 Å². The zero-order valence-corrected chi connectivity index (χ0v) is 20.3. The second-order valence-corrected chi connectivity index (χ2v) is 9.85. The fourth-order valence-corrected chi connectivity index (χ4v) is 4.35. The molecule has 182 valence electrons. The lowest BCUT2D eigenvalue weighted by Crippen LogP contribution is -2.48. The first-order valence-electron chi connectivity index (χ1n) is 11.7. The summed E-state index contributed by atoms with van der Waals surface area (Å²) >= 11 is 0. The van der Waals surface area contributed by atoms with Crippen molar-refractivity contribution in [1.29, 1.82) is 0 Å². The van der Waals surface area contributed by atoms with Gasteiger partial charge >= 0.3 is 12.1 Å². The largest absolute Gasteiger partial charge is 0.481 e. The highest BCUT2D eigenvalue weighted by molar-refractivity contribution is 5.80. The molecule has 7 heteroatoms. The summed E-state index contributed by atoms with van der Waals surface area (Å²) < 4.78 is 5.62. The molecule has 1 aliphatic rings. The van der Waals surface area contributed by atoms with Crippen molar-refractivity contribution in [1.82, 2.24) is 10.6 Å². The normalized spacial score (nSPS) is 13.7. The van der Waals surface area contributed by atoms with E-state index in [1.54, 1.807) is 13.8 Å². The van der Waals surface area contributed by atoms with Gasteiger partial charge in [-0.3, -0.25) is 9.59 Å². The summed E-state index contributed by atoms with van der Waals surface area (Å²) in [6.45, 7) is 7.64. The number of carboxylic acid groups (broad SMARTS) is 1. The first kappa shape index (κ1) is 25.3. The van der Waals surface area contributed by atoms with Crippen molar-refractivity contribution in [2.45, 2.75) is 64.5 Å². The van der Waals surface area contributed by atoms with Gasteiger partial charge in [0.15, 0.2) is 0 Å². The Hall–Kier alpha value is -3.35. The number of amides is 2. The molecule has 1 aliphatic carbocycles. The highest BCUT2D eigenvalue weighted by Crippen LogP contribution is 2.44. The number of hydrogen-bond donors (Lipinski definition) is 3. The van der Waals surface area contributed by atoms with Crippen molar-refractivity contribution in [2.24, 2.45) is 5.92 Å². The second-order valence-electron chi connectivity index (χ2n) is 9.85. The molecule has 3 N–H and O–H groups in total. The zero-order chi connectivity index (χ0) is 24.9. The van der Waals surface area contributed by atoms with Gasteiger partial charge in [0, 0.05) is 30.3 Å². The summed E-state index contributed by atoms with van der Waals surface area (Å²) in [6.07, 6.45) is -0.184. The molecule has 0 aromatic heterocycles. The number of carbonyl (C=O) groups is 3. The maximum Gasteiger partial charge on any atom is 0.407 e. The summed E-state index contributed by atoms with van der Waals surface area (Å²) in [6, 6.07) is 15.9. The fraction of sp³-hybridized carbons (Fsp3) is 0.444. The van der Waals surface area contributed by atoms with E-state index in [2.05, 4.69) is 34.9 Å². The van der Waals surface area contributed by atoms with Crippen molar-refractivity contribution in [3.8, 4) is 11.1 Å². The number of fused-ring (bicyclic) bond motifs is 3. The van der Waals surface area contributed by atoms with Crippen LogP contribution in [0.4, 0.5) is 4.79 Å². The summed E-state index contributed by atoms with van der Waals surface area (Å²) in [4.78, 5) is 36.1. The molecule has 0 bridgehead atoms. The molecular formula is C27H34N2O5. The van der Waals surface area contributed by atoms with Crippen LogP contribution in [0.25, 0.3) is 11.1 Å². The number of benzene rings is 2. The number of hydrogen-bond acceptors (Lipinski definition) is 4. The van der Waals surface area contributed by atoms with Crippen LogP contribution >= 0.6 is 0 Å². The fourth-order valence-electron chi connectivity index (χ4n) is 4.35. The molecule has 0 saturated heterocycles. The van der Waals surface area contributed by atoms with E-state index < -0.39 is 23.6 Å². The molecule has 0 heterocycles. The molecule has 1 unspecified atom stereocenters. The summed E-state index contributed by atoms with van der Waals surface area (Å²) in [5.41, 5.74) is 3.95. The van der Waals surface area contributed by atoms with Crippen molar-refractivity contribution in [3.05, 3.63) is 59.7 Å². The highest BCUT2D eigenvalue weighted by atomic mass is 16.5. The maximum absolute atomic E-state index is 12.7. The Kier molecular flexibility index (Phi) is 7.97. The first-order chi connectivity index (χ1) is 16.1. The van der Waals surface area contributed by atoms with E-state index in [1.165, 1.54) is 0 Å². The Labute approximate surface area is 200 Å². The average molecular weight is 467 g/mol. The third kappa shape index (κ3) is 6.37. The van der Waals surface area contributed by atoms with Crippen LogP contribution in [0.3, 0.4) is 0 Å². The third-order valence-electron chi connectivity index (χ3n) is 6.30. The van der Waals surface area contributed by atoms with Gasteiger partial charge in [0.05, 0.1) is 0 Å². The first-order valence-corrected chi connectivity index (χ1v) is 11.7. The number of nitrogens with one attached hydrogen (secondary N) is 2. The lowest BCUT2D eigenvalue weighted by atomic mass is 9.96. The van der Waals surface area contributed by atoms with Gasteiger partial charge in [0.2, 0.25) is 5.91 Å². The smallest absolute Gasteiger partial charge is 0.407 e. The molecule has 2 aromatic rings. The molecule has 0 radical (unpaired) electrons. The van der Waals surface area contributed by atoms with E-state index in [9.17, 15) is 14.4 Å². The van der Waals surface area contributed by atoms with Gasteiger partial charge in [-0.1, -0.05) is 62.4 Å². The minimum absolute atomic E-state index is 0.00774. The Morgan fingerprint density at radius 2 is 1.56 bits per heavy atom. The van der Waals surface area contributed by atoms with Gasteiger partial charge in [-0.25, -0.2) is 4.79 Å². The summed E-state index contributed by atoms with van der Waals surface area (Å²) in [5, 5.41) is 14.6. The SMILES string of the molecule is CC(C)C(CC(=O)NC(C)(C)CCC(=O)O)NC(=O)OCC1c2ccccc2-c2ccccc21. The van der Waals surface area contributed by atoms with Gasteiger partial charge in [0.25, 0.3) is 0 Å². The third-order valence-corrected chi connectivity index (χ3v) is 6.30. The monoisotopic (exact) mass is 466 g/mol. The number of rotatable bonds is 10. The summed E-state index contributed by atoms with van der Waals surface area (Å²) in [7, 11) is 0. The quantitative estimate of drug-likeness (QED) is 0.471. The number of aliphatic carboxylic acids is 1. The molecule has 0 saturated carbocycles. The number of ether oxygens (including phenoxy) is 1. The molecule has 0 spiro atoms. The predicted molar refractivity (Wildman–Crippen MR) is 131 cm³/mol. The topological polar surface area (TPSA) is 105 Å². The Morgan fingerprint density at radius 1 is 1.00 bits per heavy atom. The van der Waals surface area contributed by atoms with Crippen LogP contribution in [0.15, 0.2) is 48.5 Å². The van der Waals surface area contributed by atoms with E-state index in [0.717, 1.165) is 22.3 Å². The minimum Gasteiger partial charge on any atom is -0.481 e. The lowest BCUT2D eigenvalue weighted by molar-refractivity contribution is -0.137. The van der Waals surface area contributed by atoms with Gasteiger partial charge in [-0.15, -0.1) is 0 Å². The van der Waals surface area contributed by atoms with Gasteiger partial charge < -0.3 is 20.5 Å². The van der Waals surface area contributed by atoms with Crippen LogP contribution in [0.2, 0.25) is 0 Å². The minimum atomic E-state index is -0.903. The van der Waals surface area contributed by atoms with Crippen LogP contribution < -0.4 is 10.6 Å². The Balaban J connectivity index is 1.57. The number of carboxylic acids is 1. The van der Waals surface area contributed by atoms with E-state index >= 15 is 0 Å². The molecule has 7 nitrogen and oxygen atoms in total. The molecule has 1 atom stereocenters. The molecular weight excluding hydrogens is 432 g/mol. The van der Waals surface area contributed by atoms with Crippen LogP contribution in [-0.2, 0) is 14.3 Å². The van der Waals surface area contributed by atoms with Gasteiger partial charge in [-0.05, 0) is 48.4 Å². The number of carbonyl (C=O) groups excluding carboxylic acids is 2. The van der Waals surface area contributed by atoms with E-state index in [4.69, 9.17) is 9.84 Å². The molecule has 34 heavy (non-hydrogen) atoms. The standard InChI is InChI=1S/C27H34N2O5/c1-17(2)23(15-24(30)29-27(3,4)14-13-25(31)32)28-26(33)34-16-22-20-11-7-5-9-18(20)19-10-6-8-12-21(19)22/h5-12,17,22-23H,13-16H2,1-4H3,(H,28,33)(H,29,30)(H,31,32). The predicted octanol–water partition coefficient (Wildman–Crippen LogP) is 4.70. The molecule has 2 aromatic carbocycles.